The van der Waals surface area contributed by atoms with Crippen LogP contribution in [0.4, 0.5) is 5.69 Å². The lowest BCUT2D eigenvalue weighted by Crippen LogP contribution is -2.08. The predicted molar refractivity (Wildman–Crippen MR) is 78.1 cm³/mol. The molecule has 0 spiro atoms. The Morgan fingerprint density at radius 1 is 1.14 bits per heavy atom. The zero-order chi connectivity index (χ0) is 15.4. The molecule has 108 valence electrons. The molecule has 0 heterocycles. The third kappa shape index (κ3) is 3.66. The second-order valence-electron chi connectivity index (χ2n) is 4.85. The monoisotopic (exact) mass is 285 g/mol. The zero-order valence-corrected chi connectivity index (χ0v) is 11.8. The lowest BCUT2D eigenvalue weighted by molar-refractivity contribution is -0.385. The van der Waals surface area contributed by atoms with Crippen LogP contribution in [0.1, 0.15) is 27.0 Å². The van der Waals surface area contributed by atoms with Crippen LogP contribution in [-0.4, -0.2) is 10.9 Å². The number of esters is 1. The first-order valence-corrected chi connectivity index (χ1v) is 6.45. The minimum absolute atomic E-state index is 0.0353. The maximum absolute atomic E-state index is 12.0. The fourth-order valence-electron chi connectivity index (χ4n) is 2.18. The van der Waals surface area contributed by atoms with Gasteiger partial charge in [-0.25, -0.2) is 4.79 Å². The topological polar surface area (TPSA) is 69.4 Å². The average Bonchev–Trinajstić information content (AvgIpc) is 2.43. The van der Waals surface area contributed by atoms with Crippen LogP contribution < -0.4 is 0 Å². The van der Waals surface area contributed by atoms with Crippen LogP contribution >= 0.6 is 0 Å². The van der Waals surface area contributed by atoms with Gasteiger partial charge >= 0.3 is 5.97 Å². The van der Waals surface area contributed by atoms with Crippen LogP contribution in [0.2, 0.25) is 0 Å². The van der Waals surface area contributed by atoms with E-state index in [0.29, 0.717) is 0 Å². The number of nitrogens with zero attached hydrogens (tertiary/aromatic N) is 1. The Bertz CT molecular complexity index is 674. The van der Waals surface area contributed by atoms with Crippen molar-refractivity contribution in [2.24, 2.45) is 0 Å². The highest BCUT2D eigenvalue weighted by Crippen LogP contribution is 2.19. The van der Waals surface area contributed by atoms with Crippen molar-refractivity contribution in [3.63, 3.8) is 0 Å². The van der Waals surface area contributed by atoms with E-state index >= 15 is 0 Å². The number of nitro benzene ring substituents is 1. The number of nitro groups is 1. The summed E-state index contributed by atoms with van der Waals surface area (Å²) in [6, 6.07) is 11.6. The summed E-state index contributed by atoms with van der Waals surface area (Å²) in [6.45, 7) is 4.01. The third-order valence-electron chi connectivity index (χ3n) is 2.97. The Kier molecular flexibility index (Phi) is 4.33. The van der Waals surface area contributed by atoms with E-state index in [1.807, 2.05) is 32.0 Å². The number of hydrogen-bond acceptors (Lipinski definition) is 4. The van der Waals surface area contributed by atoms with Crippen molar-refractivity contribution in [2.45, 2.75) is 20.5 Å². The highest BCUT2D eigenvalue weighted by molar-refractivity contribution is 5.93. The summed E-state index contributed by atoms with van der Waals surface area (Å²) in [5.74, 6) is -0.693. The molecule has 0 aromatic heterocycles. The Balaban J connectivity index is 2.14. The summed E-state index contributed by atoms with van der Waals surface area (Å²) < 4.78 is 5.17. The largest absolute Gasteiger partial charge is 0.457 e. The van der Waals surface area contributed by atoms with Crippen molar-refractivity contribution in [1.82, 2.24) is 0 Å². The number of carbonyl (C=O) groups is 1. The summed E-state index contributed by atoms with van der Waals surface area (Å²) in [7, 11) is 0. The van der Waals surface area contributed by atoms with Crippen molar-refractivity contribution in [2.75, 3.05) is 0 Å². The number of benzene rings is 2. The molecule has 0 radical (unpaired) electrons. The molecule has 2 rings (SSSR count). The lowest BCUT2D eigenvalue weighted by atomic mass is 10.1. The first-order chi connectivity index (χ1) is 9.97. The molecule has 5 nitrogen and oxygen atoms in total. The predicted octanol–water partition coefficient (Wildman–Crippen LogP) is 3.57. The molecular formula is C16H15NO4. The van der Waals surface area contributed by atoms with Gasteiger partial charge in [0.1, 0.15) is 12.2 Å². The Morgan fingerprint density at radius 3 is 2.38 bits per heavy atom. The third-order valence-corrected chi connectivity index (χ3v) is 2.97. The van der Waals surface area contributed by atoms with E-state index in [-0.39, 0.29) is 17.9 Å². The SMILES string of the molecule is Cc1cc(C)cc(COC(=O)c2ccccc2[N+](=O)[O-])c1. The van der Waals surface area contributed by atoms with Gasteiger partial charge in [-0.15, -0.1) is 0 Å². The second kappa shape index (κ2) is 6.17. The van der Waals surface area contributed by atoms with Crippen molar-refractivity contribution >= 4 is 11.7 Å². The van der Waals surface area contributed by atoms with Crippen molar-refractivity contribution in [1.29, 1.82) is 0 Å². The van der Waals surface area contributed by atoms with Gasteiger partial charge in [-0.3, -0.25) is 10.1 Å². The van der Waals surface area contributed by atoms with Crippen molar-refractivity contribution < 1.29 is 14.5 Å². The van der Waals surface area contributed by atoms with Gasteiger partial charge in [-0.1, -0.05) is 41.5 Å². The first-order valence-electron chi connectivity index (χ1n) is 6.45. The van der Waals surface area contributed by atoms with Crippen LogP contribution in [0.5, 0.6) is 0 Å². The maximum atomic E-state index is 12.0. The average molecular weight is 285 g/mol. The minimum atomic E-state index is -0.693. The highest BCUT2D eigenvalue weighted by Gasteiger charge is 2.20. The number of para-hydroxylation sites is 1. The molecule has 0 aliphatic heterocycles. The zero-order valence-electron chi connectivity index (χ0n) is 11.8. The van der Waals surface area contributed by atoms with Crippen LogP contribution in [-0.2, 0) is 11.3 Å². The number of rotatable bonds is 4. The molecule has 0 aliphatic rings. The molecule has 2 aromatic rings. The minimum Gasteiger partial charge on any atom is -0.457 e. The number of aryl methyl sites for hydroxylation is 2. The van der Waals surface area contributed by atoms with Gasteiger partial charge in [0.05, 0.1) is 4.92 Å². The number of carbonyl (C=O) groups excluding carboxylic acids is 1. The van der Waals surface area contributed by atoms with Crippen LogP contribution in [0.3, 0.4) is 0 Å². The summed E-state index contributed by atoms with van der Waals surface area (Å²) in [5.41, 5.74) is 2.73. The Labute approximate surface area is 122 Å². The molecule has 0 amide bonds. The molecular weight excluding hydrogens is 270 g/mol. The lowest BCUT2D eigenvalue weighted by Gasteiger charge is -2.07. The van der Waals surface area contributed by atoms with Crippen LogP contribution in [0, 0.1) is 24.0 Å². The van der Waals surface area contributed by atoms with Gasteiger partial charge in [0, 0.05) is 6.07 Å². The molecule has 0 atom stereocenters. The quantitative estimate of drug-likeness (QED) is 0.489. The number of ether oxygens (including phenoxy) is 1. The summed E-state index contributed by atoms with van der Waals surface area (Å²) in [4.78, 5) is 22.3. The molecule has 2 aromatic carbocycles. The maximum Gasteiger partial charge on any atom is 0.345 e. The van der Waals surface area contributed by atoms with E-state index in [4.69, 9.17) is 4.74 Å². The Hall–Kier alpha value is -2.69. The Morgan fingerprint density at radius 2 is 1.76 bits per heavy atom. The van der Waals surface area contributed by atoms with Crippen LogP contribution in [0.15, 0.2) is 42.5 Å². The molecule has 0 fully saturated rings. The normalized spacial score (nSPS) is 10.2. The molecule has 21 heavy (non-hydrogen) atoms. The van der Waals surface area contributed by atoms with E-state index in [1.165, 1.54) is 18.2 Å². The number of hydrogen-bond donors (Lipinski definition) is 0. The van der Waals surface area contributed by atoms with Gasteiger partial charge in [-0.2, -0.15) is 0 Å². The van der Waals surface area contributed by atoms with E-state index in [0.717, 1.165) is 16.7 Å². The van der Waals surface area contributed by atoms with E-state index in [9.17, 15) is 14.9 Å². The molecule has 0 bridgehead atoms. The van der Waals surface area contributed by atoms with Gasteiger partial charge in [0.25, 0.3) is 5.69 Å². The molecule has 0 N–H and O–H groups in total. The van der Waals surface area contributed by atoms with Gasteiger partial charge in [0.15, 0.2) is 0 Å². The van der Waals surface area contributed by atoms with Gasteiger partial charge in [0.2, 0.25) is 0 Å². The molecule has 0 unspecified atom stereocenters. The summed E-state index contributed by atoms with van der Waals surface area (Å²) in [6.07, 6.45) is 0. The van der Waals surface area contributed by atoms with Gasteiger partial charge in [-0.05, 0) is 25.5 Å². The van der Waals surface area contributed by atoms with E-state index < -0.39 is 10.9 Å². The molecule has 5 heteroatoms. The fourth-order valence-corrected chi connectivity index (χ4v) is 2.18. The second-order valence-corrected chi connectivity index (χ2v) is 4.85. The first kappa shape index (κ1) is 14.7. The van der Waals surface area contributed by atoms with Gasteiger partial charge < -0.3 is 4.74 Å². The standard InChI is InChI=1S/C16H15NO4/c1-11-7-12(2)9-13(8-11)10-21-16(18)14-5-3-4-6-15(14)17(19)20/h3-9H,10H2,1-2H3. The van der Waals surface area contributed by atoms with Crippen molar-refractivity contribution in [3.8, 4) is 0 Å². The van der Waals surface area contributed by atoms with E-state index in [2.05, 4.69) is 0 Å². The fraction of sp³-hybridized carbons (Fsp3) is 0.188. The highest BCUT2D eigenvalue weighted by atomic mass is 16.6. The molecule has 0 saturated heterocycles. The summed E-state index contributed by atoms with van der Waals surface area (Å²) in [5, 5.41) is 10.9. The van der Waals surface area contributed by atoms with E-state index in [1.54, 1.807) is 6.07 Å². The smallest absolute Gasteiger partial charge is 0.345 e. The van der Waals surface area contributed by atoms with Crippen LogP contribution in [0.25, 0.3) is 0 Å². The molecule has 0 aliphatic carbocycles. The molecule has 0 saturated carbocycles. The summed E-state index contributed by atoms with van der Waals surface area (Å²) >= 11 is 0. The van der Waals surface area contributed by atoms with Crippen molar-refractivity contribution in [3.05, 3.63) is 74.8 Å².